The number of ether oxygens (including phenoxy) is 2. The number of fused-ring (bicyclic) bond motifs is 1. The van der Waals surface area contributed by atoms with E-state index in [4.69, 9.17) is 9.47 Å². The number of aromatic nitrogens is 1. The molecule has 2 aliphatic rings. The molecule has 0 amide bonds. The second-order valence-corrected chi connectivity index (χ2v) is 5.79. The Bertz CT molecular complexity index is 469. The van der Waals surface area contributed by atoms with Crippen LogP contribution in [0.2, 0.25) is 0 Å². The molecule has 5 nitrogen and oxygen atoms in total. The van der Waals surface area contributed by atoms with E-state index in [1.54, 1.807) is 7.11 Å². The quantitative estimate of drug-likeness (QED) is 0.893. The van der Waals surface area contributed by atoms with Crippen LogP contribution in [-0.2, 0) is 4.74 Å². The Labute approximate surface area is 126 Å². The lowest BCUT2D eigenvalue weighted by Gasteiger charge is -2.39. The Balaban J connectivity index is 1.80. The van der Waals surface area contributed by atoms with Gasteiger partial charge in [-0.1, -0.05) is 6.92 Å². The summed E-state index contributed by atoms with van der Waals surface area (Å²) in [5.41, 5.74) is 0.949. The summed E-state index contributed by atoms with van der Waals surface area (Å²) in [7, 11) is 1.70. The van der Waals surface area contributed by atoms with Gasteiger partial charge in [0, 0.05) is 18.8 Å². The van der Waals surface area contributed by atoms with Gasteiger partial charge >= 0.3 is 0 Å². The maximum absolute atomic E-state index is 6.16. The van der Waals surface area contributed by atoms with Crippen molar-refractivity contribution in [2.24, 2.45) is 0 Å². The molecule has 2 aliphatic heterocycles. The zero-order chi connectivity index (χ0) is 14.7. The summed E-state index contributed by atoms with van der Waals surface area (Å²) >= 11 is 0. The molecule has 3 atom stereocenters. The Hall–Kier alpha value is -1.17. The normalized spacial score (nSPS) is 27.3. The van der Waals surface area contributed by atoms with Gasteiger partial charge in [-0.05, 0) is 38.1 Å². The highest BCUT2D eigenvalue weighted by molar-refractivity contribution is 5.30. The fourth-order valence-corrected chi connectivity index (χ4v) is 3.48. The number of likely N-dealkylation sites (N-methyl/N-ethyl adjacent to an activating group) is 1. The van der Waals surface area contributed by atoms with Gasteiger partial charge in [-0.3, -0.25) is 9.88 Å². The summed E-state index contributed by atoms with van der Waals surface area (Å²) < 4.78 is 11.6. The highest BCUT2D eigenvalue weighted by Crippen LogP contribution is 2.31. The minimum absolute atomic E-state index is 0.0766. The van der Waals surface area contributed by atoms with Crippen molar-refractivity contribution in [2.45, 2.75) is 38.0 Å². The number of pyridine rings is 1. The van der Waals surface area contributed by atoms with Gasteiger partial charge in [-0.15, -0.1) is 0 Å². The standard InChI is InChI=1S/C16H25N3O2/c1-3-17-16(15-13(20-2)7-4-8-18-15)14-10-19-9-5-6-12(19)11-21-14/h4,7-8,12,14,16-17H,3,5-6,9-11H2,1-2H3. The molecular formula is C16H25N3O2. The van der Waals surface area contributed by atoms with Crippen LogP contribution < -0.4 is 10.1 Å². The molecule has 21 heavy (non-hydrogen) atoms. The topological polar surface area (TPSA) is 46.6 Å². The second-order valence-electron chi connectivity index (χ2n) is 5.79. The van der Waals surface area contributed by atoms with Crippen LogP contribution in [0.25, 0.3) is 0 Å². The molecule has 0 aliphatic carbocycles. The molecule has 116 valence electrons. The third-order valence-electron chi connectivity index (χ3n) is 4.53. The van der Waals surface area contributed by atoms with Crippen molar-refractivity contribution in [3.05, 3.63) is 24.0 Å². The third-order valence-corrected chi connectivity index (χ3v) is 4.53. The van der Waals surface area contributed by atoms with Crippen molar-refractivity contribution in [3.63, 3.8) is 0 Å². The van der Waals surface area contributed by atoms with E-state index in [9.17, 15) is 0 Å². The first-order valence-electron chi connectivity index (χ1n) is 7.91. The lowest BCUT2D eigenvalue weighted by atomic mass is 10.0. The zero-order valence-electron chi connectivity index (χ0n) is 12.9. The lowest BCUT2D eigenvalue weighted by Crippen LogP contribution is -2.50. The summed E-state index contributed by atoms with van der Waals surface area (Å²) in [5.74, 6) is 0.829. The van der Waals surface area contributed by atoms with Crippen molar-refractivity contribution in [1.82, 2.24) is 15.2 Å². The predicted octanol–water partition coefficient (Wildman–Crippen LogP) is 1.60. The molecule has 3 unspecified atom stereocenters. The maximum atomic E-state index is 6.16. The summed E-state index contributed by atoms with van der Waals surface area (Å²) in [6.45, 7) is 6.00. The average molecular weight is 291 g/mol. The molecule has 1 aromatic heterocycles. The summed E-state index contributed by atoms with van der Waals surface area (Å²) in [4.78, 5) is 7.11. The van der Waals surface area contributed by atoms with Crippen LogP contribution in [0.4, 0.5) is 0 Å². The fourth-order valence-electron chi connectivity index (χ4n) is 3.48. The lowest BCUT2D eigenvalue weighted by molar-refractivity contribution is -0.0659. The van der Waals surface area contributed by atoms with E-state index in [2.05, 4.69) is 22.1 Å². The SMILES string of the molecule is CCNC(c1ncccc1OC)C1CN2CCCC2CO1. The number of rotatable bonds is 5. The third kappa shape index (κ3) is 3.05. The minimum atomic E-state index is 0.0766. The molecule has 3 rings (SSSR count). The van der Waals surface area contributed by atoms with Crippen LogP contribution in [0, 0.1) is 0 Å². The van der Waals surface area contributed by atoms with Crippen LogP contribution in [-0.4, -0.2) is 55.4 Å². The van der Waals surface area contributed by atoms with E-state index >= 15 is 0 Å². The molecule has 1 N–H and O–H groups in total. The van der Waals surface area contributed by atoms with E-state index in [0.717, 1.165) is 31.1 Å². The van der Waals surface area contributed by atoms with Gasteiger partial charge in [0.1, 0.15) is 11.4 Å². The molecular weight excluding hydrogens is 266 g/mol. The molecule has 3 heterocycles. The van der Waals surface area contributed by atoms with Crippen LogP contribution in [0.15, 0.2) is 18.3 Å². The van der Waals surface area contributed by atoms with Gasteiger partial charge in [0.05, 0.1) is 25.9 Å². The Kier molecular flexibility index (Phi) is 4.73. The van der Waals surface area contributed by atoms with E-state index in [1.165, 1.54) is 19.4 Å². The van der Waals surface area contributed by atoms with Crippen LogP contribution >= 0.6 is 0 Å². The fraction of sp³-hybridized carbons (Fsp3) is 0.688. The summed E-state index contributed by atoms with van der Waals surface area (Å²) in [5, 5.41) is 3.53. The van der Waals surface area contributed by atoms with Gasteiger partial charge in [-0.25, -0.2) is 0 Å². The van der Waals surface area contributed by atoms with Gasteiger partial charge < -0.3 is 14.8 Å². The first-order chi connectivity index (χ1) is 10.3. The monoisotopic (exact) mass is 291 g/mol. The number of methoxy groups -OCH3 is 1. The largest absolute Gasteiger partial charge is 0.495 e. The van der Waals surface area contributed by atoms with Crippen molar-refractivity contribution < 1.29 is 9.47 Å². The number of morpholine rings is 1. The summed E-state index contributed by atoms with van der Waals surface area (Å²) in [6, 6.07) is 4.57. The minimum Gasteiger partial charge on any atom is -0.495 e. The van der Waals surface area contributed by atoms with Crippen molar-refractivity contribution in [2.75, 3.05) is 33.4 Å². The molecule has 2 saturated heterocycles. The van der Waals surface area contributed by atoms with Gasteiger partial charge in [-0.2, -0.15) is 0 Å². The van der Waals surface area contributed by atoms with Gasteiger partial charge in [0.2, 0.25) is 0 Å². The van der Waals surface area contributed by atoms with Crippen LogP contribution in [0.1, 0.15) is 31.5 Å². The smallest absolute Gasteiger partial charge is 0.142 e. The first-order valence-corrected chi connectivity index (χ1v) is 7.91. The molecule has 0 radical (unpaired) electrons. The van der Waals surface area contributed by atoms with Gasteiger partial charge in [0.15, 0.2) is 0 Å². The van der Waals surface area contributed by atoms with E-state index in [1.807, 2.05) is 18.3 Å². The Morgan fingerprint density at radius 3 is 3.29 bits per heavy atom. The summed E-state index contributed by atoms with van der Waals surface area (Å²) in [6.07, 6.45) is 4.51. The molecule has 0 bridgehead atoms. The number of hydrogen-bond donors (Lipinski definition) is 1. The molecule has 1 aromatic rings. The maximum Gasteiger partial charge on any atom is 0.142 e. The van der Waals surface area contributed by atoms with E-state index in [-0.39, 0.29) is 12.1 Å². The molecule has 0 spiro atoms. The highest BCUT2D eigenvalue weighted by Gasteiger charge is 2.37. The van der Waals surface area contributed by atoms with Gasteiger partial charge in [0.25, 0.3) is 0 Å². The molecule has 0 saturated carbocycles. The molecule has 2 fully saturated rings. The predicted molar refractivity (Wildman–Crippen MR) is 81.5 cm³/mol. The van der Waals surface area contributed by atoms with Crippen molar-refractivity contribution >= 4 is 0 Å². The first kappa shape index (κ1) is 14.8. The number of nitrogens with zero attached hydrogens (tertiary/aromatic N) is 2. The zero-order valence-corrected chi connectivity index (χ0v) is 12.9. The van der Waals surface area contributed by atoms with Crippen molar-refractivity contribution in [1.29, 1.82) is 0 Å². The average Bonchev–Trinajstić information content (AvgIpc) is 3.00. The van der Waals surface area contributed by atoms with E-state index < -0.39 is 0 Å². The second kappa shape index (κ2) is 6.73. The highest BCUT2D eigenvalue weighted by atomic mass is 16.5. The molecule has 0 aromatic carbocycles. The van der Waals surface area contributed by atoms with E-state index in [0.29, 0.717) is 6.04 Å². The van der Waals surface area contributed by atoms with Crippen LogP contribution in [0.3, 0.4) is 0 Å². The Morgan fingerprint density at radius 2 is 2.48 bits per heavy atom. The molecule has 5 heteroatoms. The number of nitrogens with one attached hydrogen (secondary N) is 1. The number of hydrogen-bond acceptors (Lipinski definition) is 5. The van der Waals surface area contributed by atoms with Crippen LogP contribution in [0.5, 0.6) is 5.75 Å². The van der Waals surface area contributed by atoms with Crippen molar-refractivity contribution in [3.8, 4) is 5.75 Å². The Morgan fingerprint density at radius 1 is 1.57 bits per heavy atom.